The molecule has 0 aliphatic rings. The van der Waals surface area contributed by atoms with Crippen LogP contribution < -0.4 is 23.5 Å². The van der Waals surface area contributed by atoms with Gasteiger partial charge in [-0.2, -0.15) is 4.57 Å². The maximum absolute atomic E-state index is 9.08. The summed E-state index contributed by atoms with van der Waals surface area (Å²) in [6.45, 7) is 0. The highest BCUT2D eigenvalue weighted by Crippen LogP contribution is 2.38. The van der Waals surface area contributed by atoms with Gasteiger partial charge in [-0.15, -0.1) is 0 Å². The first kappa shape index (κ1) is 23.4. The monoisotopic (exact) mass is 459 g/mol. The molecule has 0 spiro atoms. The van der Waals surface area contributed by atoms with Gasteiger partial charge < -0.3 is 23.5 Å². The molecule has 9 heteroatoms. The molecule has 0 fully saturated rings. The largest absolute Gasteiger partial charge is 0.748 e. The van der Waals surface area contributed by atoms with Crippen LogP contribution in [-0.4, -0.2) is 47.7 Å². The molecular weight excluding hydrogens is 434 g/mol. The highest BCUT2D eigenvalue weighted by molar-refractivity contribution is 7.84. The molecule has 1 heterocycles. The maximum Gasteiger partial charge on any atom is 0.220 e. The van der Waals surface area contributed by atoms with Crippen molar-refractivity contribution in [2.75, 3.05) is 34.7 Å². The van der Waals surface area contributed by atoms with Gasteiger partial charge in [0.2, 0.25) is 5.52 Å². The van der Waals surface area contributed by atoms with E-state index in [2.05, 4.69) is 29.9 Å². The van der Waals surface area contributed by atoms with Gasteiger partial charge in [0.15, 0.2) is 29.2 Å². The van der Waals surface area contributed by atoms with Crippen LogP contribution in [0.5, 0.6) is 23.0 Å². The lowest BCUT2D eigenvalue weighted by molar-refractivity contribution is -0.642. The van der Waals surface area contributed by atoms with Crippen molar-refractivity contribution in [2.24, 2.45) is 7.05 Å². The van der Waals surface area contributed by atoms with Crippen molar-refractivity contribution in [1.82, 2.24) is 0 Å². The Morgan fingerprint density at radius 3 is 1.66 bits per heavy atom. The molecule has 0 bridgehead atoms. The van der Waals surface area contributed by atoms with Crippen LogP contribution in [0.15, 0.2) is 42.6 Å². The van der Waals surface area contributed by atoms with E-state index in [1.807, 2.05) is 24.3 Å². The van der Waals surface area contributed by atoms with E-state index >= 15 is 0 Å². The van der Waals surface area contributed by atoms with Gasteiger partial charge in [-0.3, -0.25) is 0 Å². The fourth-order valence-corrected chi connectivity index (χ4v) is 3.74. The SMILES string of the molecule is COc1cc2c[n+](C)c3c4cc(OC)c(OC)cc4ccc3c2cc1OC.CS(=O)(=O)[O-]. The van der Waals surface area contributed by atoms with Crippen LogP contribution in [0, 0.1) is 0 Å². The number of benzene rings is 3. The Bertz CT molecular complexity index is 1410. The predicted octanol–water partition coefficient (Wildman–Crippen LogP) is 3.17. The zero-order valence-electron chi connectivity index (χ0n) is 18.8. The minimum atomic E-state index is -3.92. The molecule has 0 radical (unpaired) electrons. The second kappa shape index (κ2) is 9.05. The van der Waals surface area contributed by atoms with Crippen LogP contribution in [0.2, 0.25) is 0 Å². The van der Waals surface area contributed by atoms with Gasteiger partial charge in [-0.25, -0.2) is 8.42 Å². The van der Waals surface area contributed by atoms with Crippen LogP contribution in [0.4, 0.5) is 0 Å². The third-order valence-corrected chi connectivity index (χ3v) is 5.03. The average Bonchev–Trinajstić information content (AvgIpc) is 2.75. The summed E-state index contributed by atoms with van der Waals surface area (Å²) in [4.78, 5) is 0. The van der Waals surface area contributed by atoms with Crippen molar-refractivity contribution < 1.29 is 36.5 Å². The zero-order valence-corrected chi connectivity index (χ0v) is 19.6. The minimum absolute atomic E-state index is 0.604. The average molecular weight is 460 g/mol. The number of rotatable bonds is 4. The van der Waals surface area contributed by atoms with Gasteiger partial charge in [0, 0.05) is 11.6 Å². The molecule has 3 aromatic carbocycles. The maximum atomic E-state index is 9.08. The van der Waals surface area contributed by atoms with Gasteiger partial charge in [0.25, 0.3) is 0 Å². The molecule has 0 aliphatic heterocycles. The van der Waals surface area contributed by atoms with Crippen LogP contribution in [-0.2, 0) is 17.2 Å². The first-order valence-corrected chi connectivity index (χ1v) is 11.4. The van der Waals surface area contributed by atoms with Crippen molar-refractivity contribution in [1.29, 1.82) is 0 Å². The fourth-order valence-electron chi connectivity index (χ4n) is 3.74. The molecule has 8 nitrogen and oxygen atoms in total. The van der Waals surface area contributed by atoms with Crippen molar-refractivity contribution in [2.45, 2.75) is 0 Å². The molecule has 170 valence electrons. The van der Waals surface area contributed by atoms with E-state index in [1.165, 1.54) is 0 Å². The second-order valence-electron chi connectivity index (χ2n) is 7.13. The van der Waals surface area contributed by atoms with E-state index in [0.717, 1.165) is 43.9 Å². The van der Waals surface area contributed by atoms with E-state index < -0.39 is 10.1 Å². The summed E-state index contributed by atoms with van der Waals surface area (Å²) in [5.41, 5.74) is 1.12. The van der Waals surface area contributed by atoms with Crippen molar-refractivity contribution >= 4 is 42.6 Å². The van der Waals surface area contributed by atoms with Gasteiger partial charge in [-0.1, -0.05) is 6.07 Å². The molecule has 1 aromatic heterocycles. The van der Waals surface area contributed by atoms with E-state index in [4.69, 9.17) is 31.9 Å². The summed E-state index contributed by atoms with van der Waals surface area (Å²) in [6.07, 6.45) is 2.71. The number of pyridine rings is 1. The third-order valence-electron chi connectivity index (χ3n) is 5.03. The molecule has 4 aromatic rings. The molecule has 0 saturated heterocycles. The highest BCUT2D eigenvalue weighted by Gasteiger charge is 2.18. The Hall–Kier alpha value is -3.30. The quantitative estimate of drug-likeness (QED) is 0.263. The van der Waals surface area contributed by atoms with Crippen LogP contribution in [0.3, 0.4) is 0 Å². The van der Waals surface area contributed by atoms with E-state index in [9.17, 15) is 0 Å². The van der Waals surface area contributed by atoms with Gasteiger partial charge in [-0.05, 0) is 35.7 Å². The zero-order chi connectivity index (χ0) is 23.6. The minimum Gasteiger partial charge on any atom is -0.748 e. The number of hydrogen-bond donors (Lipinski definition) is 0. The Morgan fingerprint density at radius 2 is 1.16 bits per heavy atom. The Labute approximate surface area is 186 Å². The van der Waals surface area contributed by atoms with Crippen LogP contribution in [0.1, 0.15) is 0 Å². The molecule has 0 N–H and O–H groups in total. The summed E-state index contributed by atoms with van der Waals surface area (Å²) in [7, 11) is 4.74. The summed E-state index contributed by atoms with van der Waals surface area (Å²) in [6, 6.07) is 12.3. The number of ether oxygens (including phenoxy) is 4. The summed E-state index contributed by atoms with van der Waals surface area (Å²) >= 11 is 0. The molecule has 0 amide bonds. The Morgan fingerprint density at radius 1 is 0.719 bits per heavy atom. The standard InChI is InChI=1S/C22H22NO4.CH4O3S/c1-23-12-14-9-19(25-3)20(26-4)10-16(14)15-7-6-13-8-18(24-2)21(27-5)11-17(13)22(15)23;1-5(2,3)4/h6-12H,1-5H3;1H3,(H,2,3,4)/q+1;/p-1. The van der Waals surface area contributed by atoms with Gasteiger partial charge in [0.05, 0.1) is 54.7 Å². The Balaban J connectivity index is 0.000000523. The summed E-state index contributed by atoms with van der Waals surface area (Å²) < 4.78 is 51.3. The molecule has 0 aliphatic carbocycles. The smallest absolute Gasteiger partial charge is 0.220 e. The summed E-state index contributed by atoms with van der Waals surface area (Å²) in [5.74, 6) is 2.87. The number of nitrogens with zero attached hydrogens (tertiary/aromatic N) is 1. The molecule has 0 atom stereocenters. The lowest BCUT2D eigenvalue weighted by Crippen LogP contribution is -2.28. The van der Waals surface area contributed by atoms with E-state index in [1.54, 1.807) is 28.4 Å². The Kier molecular flexibility index (Phi) is 6.61. The molecule has 32 heavy (non-hydrogen) atoms. The van der Waals surface area contributed by atoms with E-state index in [-0.39, 0.29) is 0 Å². The highest BCUT2D eigenvalue weighted by atomic mass is 32.2. The topological polar surface area (TPSA) is 98.0 Å². The second-order valence-corrected chi connectivity index (χ2v) is 8.54. The number of aromatic nitrogens is 1. The van der Waals surface area contributed by atoms with Crippen molar-refractivity contribution in [3.63, 3.8) is 0 Å². The molecule has 0 unspecified atom stereocenters. The predicted molar refractivity (Wildman–Crippen MR) is 122 cm³/mol. The molecule has 4 rings (SSSR count). The number of methoxy groups -OCH3 is 4. The van der Waals surface area contributed by atoms with Crippen molar-refractivity contribution in [3.05, 3.63) is 42.6 Å². The number of aryl methyl sites for hydroxylation is 1. The first-order valence-electron chi connectivity index (χ1n) is 9.55. The third kappa shape index (κ3) is 4.63. The van der Waals surface area contributed by atoms with Crippen molar-refractivity contribution in [3.8, 4) is 23.0 Å². The first-order chi connectivity index (χ1) is 15.1. The fraction of sp³-hybridized carbons (Fsp3) is 0.261. The molecular formula is C23H25NO7S. The van der Waals surface area contributed by atoms with Crippen LogP contribution >= 0.6 is 0 Å². The van der Waals surface area contributed by atoms with Crippen LogP contribution in [0.25, 0.3) is 32.4 Å². The number of fused-ring (bicyclic) bond motifs is 5. The molecule has 0 saturated carbocycles. The van der Waals surface area contributed by atoms with E-state index in [0.29, 0.717) is 17.8 Å². The lowest BCUT2D eigenvalue weighted by atomic mass is 10.00. The van der Waals surface area contributed by atoms with Gasteiger partial charge >= 0.3 is 0 Å². The lowest BCUT2D eigenvalue weighted by Gasteiger charge is -2.12. The summed E-state index contributed by atoms with van der Waals surface area (Å²) in [5, 5.41) is 5.52. The number of hydrogen-bond acceptors (Lipinski definition) is 7. The normalized spacial score (nSPS) is 11.2. The van der Waals surface area contributed by atoms with Gasteiger partial charge in [0.1, 0.15) is 7.05 Å².